The molecular weight excluding hydrogens is 270 g/mol. The van der Waals surface area contributed by atoms with Gasteiger partial charge >= 0.3 is 0 Å². The lowest BCUT2D eigenvalue weighted by molar-refractivity contribution is -0.122. The van der Waals surface area contributed by atoms with Crippen molar-refractivity contribution in [2.24, 2.45) is 16.3 Å². The van der Waals surface area contributed by atoms with Crippen LogP contribution in [0, 0.1) is 5.41 Å². The van der Waals surface area contributed by atoms with Crippen molar-refractivity contribution in [3.05, 3.63) is 29.8 Å². The highest BCUT2D eigenvalue weighted by molar-refractivity contribution is 6.11. The molecule has 116 valence electrons. The fraction of sp³-hybridized carbons (Fsp3) is 0.467. The molecule has 0 heterocycles. The molecule has 1 aromatic carbocycles. The monoisotopic (exact) mass is 293 g/mol. The van der Waals surface area contributed by atoms with Crippen LogP contribution in [-0.2, 0) is 11.2 Å². The van der Waals surface area contributed by atoms with Gasteiger partial charge in [0.15, 0.2) is 5.84 Å². The highest BCUT2D eigenvalue weighted by Crippen LogP contribution is 2.28. The molecule has 0 radical (unpaired) electrons. The summed E-state index contributed by atoms with van der Waals surface area (Å²) in [6, 6.07) is 7.22. The number of oxime groups is 1. The maximum Gasteiger partial charge on any atom is 0.238 e. The lowest BCUT2D eigenvalue weighted by Gasteiger charge is -2.28. The predicted octanol–water partition coefficient (Wildman–Crippen LogP) is 1.71. The van der Waals surface area contributed by atoms with Crippen molar-refractivity contribution < 1.29 is 15.1 Å². The van der Waals surface area contributed by atoms with Crippen LogP contribution in [0.5, 0.6) is 0 Å². The summed E-state index contributed by atoms with van der Waals surface area (Å²) in [4.78, 5) is 12.5. The van der Waals surface area contributed by atoms with Gasteiger partial charge in [0.05, 0.1) is 0 Å². The van der Waals surface area contributed by atoms with Gasteiger partial charge in [0, 0.05) is 12.3 Å². The number of hydrogen-bond acceptors (Lipinski definition) is 4. The molecule has 0 unspecified atom stereocenters. The maximum absolute atomic E-state index is 12.5. The number of carbonyl (C=O) groups excluding carboxylic acids is 1. The van der Waals surface area contributed by atoms with E-state index in [0.717, 1.165) is 5.56 Å². The number of amides is 1. The van der Waals surface area contributed by atoms with Crippen LogP contribution in [0.25, 0.3) is 0 Å². The van der Waals surface area contributed by atoms with Gasteiger partial charge in [-0.2, -0.15) is 0 Å². The maximum atomic E-state index is 12.5. The second-order valence-electron chi connectivity index (χ2n) is 4.90. The van der Waals surface area contributed by atoms with Gasteiger partial charge < -0.3 is 21.4 Å². The summed E-state index contributed by atoms with van der Waals surface area (Å²) in [6.45, 7) is 3.74. The standard InChI is InChI=1S/C15H23N3O3/c1-3-15(4-2,13(16)18-21)14(20)17-12-7-5-11(6-8-12)9-10-19/h5-8,19,21H,3-4,9-10H2,1-2H3,(H2,16,18)(H,17,20). The normalized spacial score (nSPS) is 12.2. The molecule has 0 aliphatic heterocycles. The minimum atomic E-state index is -1.02. The lowest BCUT2D eigenvalue weighted by Crippen LogP contribution is -2.46. The molecule has 0 saturated heterocycles. The number of anilines is 1. The number of hydrogen-bond donors (Lipinski definition) is 4. The molecule has 0 atom stereocenters. The molecule has 0 fully saturated rings. The molecule has 0 saturated carbocycles. The third kappa shape index (κ3) is 3.72. The van der Waals surface area contributed by atoms with Gasteiger partial charge in [0.25, 0.3) is 0 Å². The van der Waals surface area contributed by atoms with Gasteiger partial charge in [-0.1, -0.05) is 31.1 Å². The van der Waals surface area contributed by atoms with Gasteiger partial charge in [-0.05, 0) is 37.0 Å². The summed E-state index contributed by atoms with van der Waals surface area (Å²) < 4.78 is 0. The van der Waals surface area contributed by atoms with E-state index < -0.39 is 5.41 Å². The number of nitrogens with zero attached hydrogens (tertiary/aromatic N) is 1. The number of benzene rings is 1. The Balaban J connectivity index is 2.92. The fourth-order valence-electron chi connectivity index (χ4n) is 2.28. The van der Waals surface area contributed by atoms with Crippen molar-refractivity contribution in [1.82, 2.24) is 0 Å². The van der Waals surface area contributed by atoms with Crippen LogP contribution in [-0.4, -0.2) is 28.7 Å². The van der Waals surface area contributed by atoms with Gasteiger partial charge in [-0.15, -0.1) is 0 Å². The van der Waals surface area contributed by atoms with Crippen molar-refractivity contribution in [3.63, 3.8) is 0 Å². The summed E-state index contributed by atoms with van der Waals surface area (Å²) in [5.41, 5.74) is 6.32. The molecular formula is C15H23N3O3. The molecule has 1 aromatic rings. The summed E-state index contributed by atoms with van der Waals surface area (Å²) in [7, 11) is 0. The van der Waals surface area contributed by atoms with Crippen LogP contribution in [0.3, 0.4) is 0 Å². The first-order chi connectivity index (χ1) is 10.0. The van der Waals surface area contributed by atoms with E-state index in [-0.39, 0.29) is 18.3 Å². The van der Waals surface area contributed by atoms with Crippen molar-refractivity contribution in [1.29, 1.82) is 0 Å². The van der Waals surface area contributed by atoms with Crippen LogP contribution in [0.2, 0.25) is 0 Å². The van der Waals surface area contributed by atoms with Crippen LogP contribution >= 0.6 is 0 Å². The van der Waals surface area contributed by atoms with Gasteiger partial charge in [-0.3, -0.25) is 4.79 Å². The minimum Gasteiger partial charge on any atom is -0.409 e. The summed E-state index contributed by atoms with van der Waals surface area (Å²) >= 11 is 0. The Morgan fingerprint density at radius 3 is 2.29 bits per heavy atom. The first kappa shape index (κ1) is 17.0. The Bertz CT molecular complexity index is 493. The van der Waals surface area contributed by atoms with E-state index in [2.05, 4.69) is 10.5 Å². The molecule has 0 aliphatic carbocycles. The molecule has 1 amide bonds. The largest absolute Gasteiger partial charge is 0.409 e. The van der Waals surface area contributed by atoms with E-state index in [4.69, 9.17) is 16.0 Å². The first-order valence-corrected chi connectivity index (χ1v) is 7.03. The molecule has 0 aromatic heterocycles. The smallest absolute Gasteiger partial charge is 0.238 e. The van der Waals surface area contributed by atoms with Gasteiger partial charge in [-0.25, -0.2) is 0 Å². The zero-order chi connectivity index (χ0) is 15.9. The van der Waals surface area contributed by atoms with Crippen LogP contribution in [0.1, 0.15) is 32.3 Å². The van der Waals surface area contributed by atoms with Gasteiger partial charge in [0.2, 0.25) is 5.91 Å². The molecule has 0 spiro atoms. The zero-order valence-corrected chi connectivity index (χ0v) is 12.5. The number of aliphatic hydroxyl groups is 1. The molecule has 6 heteroatoms. The van der Waals surface area contributed by atoms with Gasteiger partial charge in [0.1, 0.15) is 5.41 Å². The molecule has 0 bridgehead atoms. The van der Waals surface area contributed by atoms with E-state index in [1.54, 1.807) is 12.1 Å². The number of nitrogens with two attached hydrogens (primary N) is 1. The van der Waals surface area contributed by atoms with E-state index >= 15 is 0 Å². The third-order valence-electron chi connectivity index (χ3n) is 3.85. The quantitative estimate of drug-likeness (QED) is 0.265. The number of rotatable bonds is 7. The average molecular weight is 293 g/mol. The first-order valence-electron chi connectivity index (χ1n) is 7.03. The van der Waals surface area contributed by atoms with E-state index in [1.807, 2.05) is 26.0 Å². The van der Waals surface area contributed by atoms with Crippen molar-refractivity contribution in [2.45, 2.75) is 33.1 Å². The van der Waals surface area contributed by atoms with Crippen LogP contribution < -0.4 is 11.1 Å². The number of amidine groups is 1. The SMILES string of the molecule is CCC(CC)(C(=O)Nc1ccc(CCO)cc1)C(N)=NO. The Labute approximate surface area is 124 Å². The van der Waals surface area contributed by atoms with E-state index in [9.17, 15) is 4.79 Å². The number of aliphatic hydroxyl groups excluding tert-OH is 1. The summed E-state index contributed by atoms with van der Waals surface area (Å²) in [5, 5.41) is 23.6. The highest BCUT2D eigenvalue weighted by atomic mass is 16.4. The molecule has 21 heavy (non-hydrogen) atoms. The Kier molecular flexibility index (Phi) is 6.17. The Morgan fingerprint density at radius 2 is 1.86 bits per heavy atom. The van der Waals surface area contributed by atoms with Crippen LogP contribution in [0.15, 0.2) is 29.4 Å². The van der Waals surface area contributed by atoms with Crippen molar-refractivity contribution in [3.8, 4) is 0 Å². The van der Waals surface area contributed by atoms with Crippen molar-refractivity contribution >= 4 is 17.4 Å². The number of nitrogens with one attached hydrogen (secondary N) is 1. The molecule has 6 nitrogen and oxygen atoms in total. The average Bonchev–Trinajstić information content (AvgIpc) is 2.51. The Hall–Kier alpha value is -2.08. The molecule has 1 rings (SSSR count). The lowest BCUT2D eigenvalue weighted by atomic mass is 9.80. The zero-order valence-electron chi connectivity index (χ0n) is 12.5. The minimum absolute atomic E-state index is 0.0816. The second-order valence-corrected chi connectivity index (χ2v) is 4.90. The number of carbonyl (C=O) groups is 1. The van der Waals surface area contributed by atoms with E-state index in [1.165, 1.54) is 0 Å². The Morgan fingerprint density at radius 1 is 1.29 bits per heavy atom. The van der Waals surface area contributed by atoms with Crippen LogP contribution in [0.4, 0.5) is 5.69 Å². The van der Waals surface area contributed by atoms with E-state index in [0.29, 0.717) is 24.9 Å². The van der Waals surface area contributed by atoms with Crippen molar-refractivity contribution in [2.75, 3.05) is 11.9 Å². The summed E-state index contributed by atoms with van der Waals surface area (Å²) in [5.74, 6) is -0.375. The molecule has 5 N–H and O–H groups in total. The summed E-state index contributed by atoms with van der Waals surface area (Å²) in [6.07, 6.45) is 1.45. The topological polar surface area (TPSA) is 108 Å². The predicted molar refractivity (Wildman–Crippen MR) is 82.3 cm³/mol. The second kappa shape index (κ2) is 7.64. The third-order valence-corrected chi connectivity index (χ3v) is 3.85. The molecule has 0 aliphatic rings. The highest BCUT2D eigenvalue weighted by Gasteiger charge is 2.39. The fourth-order valence-corrected chi connectivity index (χ4v) is 2.28.